The molecule has 0 bridgehead atoms. The molecule has 0 aromatic carbocycles. The largest absolute Gasteiger partial charge is 0.462 e. The number of nitrogens with two attached hydrogens (primary N) is 1. The number of carbonyl (C=O) groups is 4. The highest BCUT2D eigenvalue weighted by Gasteiger charge is 2.40. The van der Waals surface area contributed by atoms with Gasteiger partial charge in [0, 0.05) is 33.7 Å². The fourth-order valence-corrected chi connectivity index (χ4v) is 1.98. The van der Waals surface area contributed by atoms with Crippen LogP contribution in [0.25, 0.3) is 0 Å². The maximum absolute atomic E-state index is 11.4. The quantitative estimate of drug-likeness (QED) is 0.455. The molecule has 0 fully saturated rings. The molecule has 4 atom stereocenters. The van der Waals surface area contributed by atoms with Crippen molar-refractivity contribution in [1.29, 1.82) is 0 Å². The van der Waals surface area contributed by atoms with Gasteiger partial charge >= 0.3 is 23.9 Å². The van der Waals surface area contributed by atoms with E-state index in [4.69, 9.17) is 24.7 Å². The van der Waals surface area contributed by atoms with Gasteiger partial charge in [0.2, 0.25) is 0 Å². The summed E-state index contributed by atoms with van der Waals surface area (Å²) in [4.78, 5) is 45.2. The summed E-state index contributed by atoms with van der Waals surface area (Å²) in [7, 11) is 0. The van der Waals surface area contributed by atoms with Crippen LogP contribution in [0.5, 0.6) is 0 Å². The molecule has 0 aliphatic carbocycles. The van der Waals surface area contributed by atoms with Gasteiger partial charge in [0.1, 0.15) is 6.61 Å². The molecule has 0 aliphatic rings. The highest BCUT2D eigenvalue weighted by atomic mass is 16.6. The molecule has 0 rings (SSSR count). The average molecular weight is 347 g/mol. The second-order valence-electron chi connectivity index (χ2n) is 5.17. The minimum atomic E-state index is -1.22. The van der Waals surface area contributed by atoms with E-state index in [1.165, 1.54) is 13.8 Å². The van der Waals surface area contributed by atoms with Crippen LogP contribution in [-0.4, -0.2) is 54.8 Å². The van der Waals surface area contributed by atoms with E-state index >= 15 is 0 Å². The van der Waals surface area contributed by atoms with Crippen LogP contribution in [0.1, 0.15) is 41.0 Å². The lowest BCUT2D eigenvalue weighted by atomic mass is 9.99. The Balaban J connectivity index is 5.63. The minimum Gasteiger partial charge on any atom is -0.462 e. The molecular weight excluding hydrogens is 322 g/mol. The van der Waals surface area contributed by atoms with Crippen LogP contribution in [0.15, 0.2) is 0 Å². The third kappa shape index (κ3) is 8.47. The van der Waals surface area contributed by atoms with Crippen LogP contribution >= 0.6 is 0 Å². The number of carbonyl (C=O) groups excluding carboxylic acids is 4. The van der Waals surface area contributed by atoms with E-state index in [0.717, 1.165) is 13.8 Å². The van der Waals surface area contributed by atoms with Crippen LogP contribution in [0.3, 0.4) is 0 Å². The summed E-state index contributed by atoms with van der Waals surface area (Å²) in [5.74, 6) is -2.64. The average Bonchev–Trinajstić information content (AvgIpc) is 2.45. The second-order valence-corrected chi connectivity index (χ2v) is 5.17. The van der Waals surface area contributed by atoms with Crippen LogP contribution in [0, 0.1) is 0 Å². The van der Waals surface area contributed by atoms with Gasteiger partial charge in [0.25, 0.3) is 0 Å². The number of rotatable bonds is 9. The summed E-state index contributed by atoms with van der Waals surface area (Å²) in [5, 5.41) is 0. The number of hydrogen-bond donors (Lipinski definition) is 1. The molecule has 0 aliphatic heterocycles. The molecule has 0 heterocycles. The highest BCUT2D eigenvalue weighted by molar-refractivity contribution is 5.68. The predicted molar refractivity (Wildman–Crippen MR) is 81.6 cm³/mol. The van der Waals surface area contributed by atoms with E-state index in [1.54, 1.807) is 6.92 Å². The maximum atomic E-state index is 11.4. The van der Waals surface area contributed by atoms with E-state index in [-0.39, 0.29) is 6.61 Å². The Morgan fingerprint density at radius 2 is 1.25 bits per heavy atom. The van der Waals surface area contributed by atoms with Gasteiger partial charge in [0.15, 0.2) is 18.3 Å². The summed E-state index contributed by atoms with van der Waals surface area (Å²) in [6.07, 6.45) is -3.06. The van der Waals surface area contributed by atoms with E-state index in [0.29, 0.717) is 6.42 Å². The third-order valence-corrected chi connectivity index (χ3v) is 2.96. The molecule has 9 nitrogen and oxygen atoms in total. The first-order valence-corrected chi connectivity index (χ1v) is 7.49. The smallest absolute Gasteiger partial charge is 0.303 e. The lowest BCUT2D eigenvalue weighted by Gasteiger charge is -2.34. The van der Waals surface area contributed by atoms with Crippen molar-refractivity contribution in [1.82, 2.24) is 0 Å². The molecule has 138 valence electrons. The monoisotopic (exact) mass is 347 g/mol. The fourth-order valence-electron chi connectivity index (χ4n) is 1.98. The Labute approximate surface area is 140 Å². The lowest BCUT2D eigenvalue weighted by molar-refractivity contribution is -0.190. The maximum Gasteiger partial charge on any atom is 0.303 e. The van der Waals surface area contributed by atoms with Crippen LogP contribution in [0.2, 0.25) is 0 Å². The van der Waals surface area contributed by atoms with Crippen molar-refractivity contribution in [3.8, 4) is 0 Å². The van der Waals surface area contributed by atoms with E-state index in [9.17, 15) is 19.2 Å². The third-order valence-electron chi connectivity index (χ3n) is 2.96. The molecule has 0 aromatic heterocycles. The number of esters is 4. The summed E-state index contributed by atoms with van der Waals surface area (Å²) in [5.41, 5.74) is 5.95. The molecule has 0 unspecified atom stereocenters. The first-order chi connectivity index (χ1) is 11.1. The minimum absolute atomic E-state index is 0.374. The Hall–Kier alpha value is -2.16. The highest BCUT2D eigenvalue weighted by Crippen LogP contribution is 2.18. The molecule has 0 saturated heterocycles. The summed E-state index contributed by atoms with van der Waals surface area (Å²) < 4.78 is 20.3. The molecule has 24 heavy (non-hydrogen) atoms. The van der Waals surface area contributed by atoms with Gasteiger partial charge in [0.05, 0.1) is 0 Å². The van der Waals surface area contributed by atoms with Crippen molar-refractivity contribution in [2.75, 3.05) is 6.61 Å². The zero-order valence-corrected chi connectivity index (χ0v) is 14.6. The standard InChI is InChI=1S/C15H25NO8/c1-6-12(16)14(23-10(4)19)15(24-11(5)20)13(22-9(3)18)7-21-8(2)17/h12-15H,6-7,16H2,1-5H3/t12-,13+,14+,15+/m0/s1. The van der Waals surface area contributed by atoms with Gasteiger partial charge in [-0.3, -0.25) is 19.2 Å². The molecule has 0 amide bonds. The van der Waals surface area contributed by atoms with Crippen molar-refractivity contribution in [3.05, 3.63) is 0 Å². The summed E-state index contributed by atoms with van der Waals surface area (Å²) >= 11 is 0. The molecule has 2 N–H and O–H groups in total. The van der Waals surface area contributed by atoms with E-state index in [2.05, 4.69) is 0 Å². The van der Waals surface area contributed by atoms with Crippen molar-refractivity contribution in [2.45, 2.75) is 65.4 Å². The van der Waals surface area contributed by atoms with E-state index < -0.39 is 48.2 Å². The molecule has 0 aromatic rings. The zero-order chi connectivity index (χ0) is 18.9. The Morgan fingerprint density at radius 1 is 0.792 bits per heavy atom. The Kier molecular flexibility index (Phi) is 9.63. The summed E-state index contributed by atoms with van der Waals surface area (Å²) in [6.45, 7) is 6.01. The zero-order valence-electron chi connectivity index (χ0n) is 14.6. The fraction of sp³-hybridized carbons (Fsp3) is 0.733. The molecule has 0 spiro atoms. The molecular formula is C15H25NO8. The topological polar surface area (TPSA) is 131 Å². The first-order valence-electron chi connectivity index (χ1n) is 7.49. The molecule has 0 saturated carbocycles. The van der Waals surface area contributed by atoms with Gasteiger partial charge in [-0.05, 0) is 6.42 Å². The lowest BCUT2D eigenvalue weighted by Crippen LogP contribution is -2.54. The van der Waals surface area contributed by atoms with Crippen LogP contribution in [0.4, 0.5) is 0 Å². The van der Waals surface area contributed by atoms with Crippen molar-refractivity contribution in [2.24, 2.45) is 5.73 Å². The second kappa shape index (κ2) is 10.6. The molecule has 9 heteroatoms. The van der Waals surface area contributed by atoms with Gasteiger partial charge in [-0.25, -0.2) is 0 Å². The molecule has 0 radical (unpaired) electrons. The van der Waals surface area contributed by atoms with Crippen molar-refractivity contribution < 1.29 is 38.1 Å². The first kappa shape index (κ1) is 21.8. The normalized spacial score (nSPS) is 15.4. The summed E-state index contributed by atoms with van der Waals surface area (Å²) in [6, 6.07) is -0.686. The van der Waals surface area contributed by atoms with Gasteiger partial charge in [-0.1, -0.05) is 6.92 Å². The number of hydrogen-bond acceptors (Lipinski definition) is 9. The van der Waals surface area contributed by atoms with Crippen LogP contribution in [-0.2, 0) is 38.1 Å². The Bertz CT molecular complexity index is 464. The number of ether oxygens (including phenoxy) is 4. The van der Waals surface area contributed by atoms with Gasteiger partial charge < -0.3 is 24.7 Å². The van der Waals surface area contributed by atoms with Gasteiger partial charge in [-0.15, -0.1) is 0 Å². The SMILES string of the molecule is CC[C@H](N)[C@@H](OC(C)=O)[C@H](OC(C)=O)[C@@H](COC(C)=O)OC(C)=O. The predicted octanol–water partition coefficient (Wildman–Crippen LogP) is 0.0819. The van der Waals surface area contributed by atoms with Crippen molar-refractivity contribution >= 4 is 23.9 Å². The Morgan fingerprint density at radius 3 is 1.62 bits per heavy atom. The van der Waals surface area contributed by atoms with Crippen LogP contribution < -0.4 is 5.73 Å². The van der Waals surface area contributed by atoms with Gasteiger partial charge in [-0.2, -0.15) is 0 Å². The van der Waals surface area contributed by atoms with Crippen molar-refractivity contribution in [3.63, 3.8) is 0 Å². The van der Waals surface area contributed by atoms with E-state index in [1.807, 2.05) is 0 Å².